The van der Waals surface area contributed by atoms with Crippen LogP contribution in [0.3, 0.4) is 0 Å². The highest BCUT2D eigenvalue weighted by Gasteiger charge is 2.33. The van der Waals surface area contributed by atoms with E-state index in [2.05, 4.69) is 41.5 Å². The summed E-state index contributed by atoms with van der Waals surface area (Å²) in [7, 11) is 0. The second kappa shape index (κ2) is 16.4. The number of para-hydroxylation sites is 1. The van der Waals surface area contributed by atoms with Gasteiger partial charge in [0.15, 0.2) is 0 Å². The molecule has 0 bridgehead atoms. The third-order valence-electron chi connectivity index (χ3n) is 8.65. The highest BCUT2D eigenvalue weighted by molar-refractivity contribution is 5.91. The highest BCUT2D eigenvalue weighted by atomic mass is 16.3. The number of nitrogens with zero attached hydrogens (tertiary/aromatic N) is 1. The lowest BCUT2D eigenvalue weighted by Gasteiger charge is -2.31. The molecule has 5 rings (SSSR count). The molecular weight excluding hydrogens is 616 g/mol. The summed E-state index contributed by atoms with van der Waals surface area (Å²) in [6.45, 7) is 2.29. The number of carbonyl (C=O) groups is 3. The fourth-order valence-corrected chi connectivity index (χ4v) is 5.90. The Morgan fingerprint density at radius 2 is 1.79 bits per heavy atom. The van der Waals surface area contributed by atoms with E-state index in [4.69, 9.17) is 0 Å². The maximum atomic E-state index is 13.9. The van der Waals surface area contributed by atoms with Gasteiger partial charge in [0.1, 0.15) is 24.2 Å². The van der Waals surface area contributed by atoms with Gasteiger partial charge < -0.3 is 41.2 Å². The number of aliphatic hydroxyl groups is 2. The SMILES string of the molecule is CCC(NC(=O)C(Cc1c[nH]c2ccccc12)NC(O)C(Cc1cnc[nH]1)NC(=O)C1CCC(=O)N1)C(O)NCCc1ccc(O)cc1. The number of H-pyrrole nitrogens is 2. The van der Waals surface area contributed by atoms with Crippen LogP contribution < -0.4 is 26.6 Å². The third-order valence-corrected chi connectivity index (χ3v) is 8.65. The topological polar surface area (TPSA) is 217 Å². The molecule has 1 aliphatic rings. The van der Waals surface area contributed by atoms with Crippen LogP contribution in [-0.2, 0) is 33.6 Å². The number of nitrogens with one attached hydrogen (secondary N) is 7. The van der Waals surface area contributed by atoms with Gasteiger partial charge in [-0.2, -0.15) is 0 Å². The van der Waals surface area contributed by atoms with Crippen molar-refractivity contribution in [2.75, 3.05) is 6.54 Å². The van der Waals surface area contributed by atoms with Crippen molar-refractivity contribution in [3.05, 3.63) is 84.1 Å². The standard InChI is InChI=1S/C34H44N8O6/c1-2-25(31(45)36-14-13-20-7-9-23(43)10-8-20)40-33(47)28(15-21-17-37-26-6-4-3-5-24(21)26)41-34(48)29(16-22-18-35-19-38-22)42-32(46)27-11-12-30(44)39-27/h3-10,17-19,25,27-29,31,34,36-37,41,43,45,48H,2,11-16H2,1H3,(H,35,38)(H,39,44)(H,40,47)(H,42,46). The fourth-order valence-electron chi connectivity index (χ4n) is 5.90. The molecule has 2 aromatic heterocycles. The number of carbonyl (C=O) groups excluding carboxylic acids is 3. The summed E-state index contributed by atoms with van der Waals surface area (Å²) in [6, 6.07) is 11.3. The Morgan fingerprint density at radius 1 is 1.00 bits per heavy atom. The van der Waals surface area contributed by atoms with E-state index in [9.17, 15) is 29.7 Å². The normalized spacial score (nSPS) is 17.7. The van der Waals surface area contributed by atoms with E-state index in [0.717, 1.165) is 22.0 Å². The molecule has 1 aliphatic heterocycles. The van der Waals surface area contributed by atoms with Gasteiger partial charge in [-0.05, 0) is 55.0 Å². The predicted molar refractivity (Wildman–Crippen MR) is 178 cm³/mol. The number of imidazole rings is 1. The minimum atomic E-state index is -1.39. The molecule has 0 radical (unpaired) electrons. The van der Waals surface area contributed by atoms with Crippen LogP contribution in [0, 0.1) is 0 Å². The van der Waals surface area contributed by atoms with Crippen LogP contribution >= 0.6 is 0 Å². The first-order valence-corrected chi connectivity index (χ1v) is 16.3. The third kappa shape index (κ3) is 9.19. The Hall–Kier alpha value is -4.76. The smallest absolute Gasteiger partial charge is 0.242 e. The van der Waals surface area contributed by atoms with Crippen LogP contribution in [0.1, 0.15) is 43.0 Å². The molecule has 4 aromatic rings. The highest BCUT2D eigenvalue weighted by Crippen LogP contribution is 2.20. The quantitative estimate of drug-likeness (QED) is 0.0711. The number of aromatic nitrogens is 3. The van der Waals surface area contributed by atoms with Crippen LogP contribution in [0.4, 0.5) is 0 Å². The molecule has 256 valence electrons. The number of aromatic hydroxyl groups is 1. The molecule has 1 saturated heterocycles. The second-order valence-corrected chi connectivity index (χ2v) is 12.1. The van der Waals surface area contributed by atoms with Gasteiger partial charge >= 0.3 is 0 Å². The van der Waals surface area contributed by atoms with Gasteiger partial charge in [0.2, 0.25) is 17.7 Å². The summed E-state index contributed by atoms with van der Waals surface area (Å²) < 4.78 is 0. The summed E-state index contributed by atoms with van der Waals surface area (Å²) in [5, 5.41) is 47.5. The molecule has 10 N–H and O–H groups in total. The minimum absolute atomic E-state index is 0.170. The van der Waals surface area contributed by atoms with Crippen LogP contribution in [0.25, 0.3) is 10.9 Å². The zero-order chi connectivity index (χ0) is 34.0. The lowest BCUT2D eigenvalue weighted by atomic mass is 10.0. The van der Waals surface area contributed by atoms with Crippen molar-refractivity contribution in [1.29, 1.82) is 0 Å². The van der Waals surface area contributed by atoms with Gasteiger partial charge in [-0.1, -0.05) is 37.3 Å². The molecule has 6 atom stereocenters. The molecular formula is C34H44N8O6. The van der Waals surface area contributed by atoms with E-state index in [0.29, 0.717) is 31.5 Å². The number of benzene rings is 2. The molecule has 2 aromatic carbocycles. The zero-order valence-electron chi connectivity index (χ0n) is 26.8. The molecule has 3 amide bonds. The number of fused-ring (bicyclic) bond motifs is 1. The molecule has 3 heterocycles. The summed E-state index contributed by atoms with van der Waals surface area (Å²) in [4.78, 5) is 49.0. The zero-order valence-corrected chi connectivity index (χ0v) is 26.8. The van der Waals surface area contributed by atoms with Crippen LogP contribution in [-0.4, -0.2) is 91.2 Å². The first kappa shape index (κ1) is 34.6. The van der Waals surface area contributed by atoms with Crippen molar-refractivity contribution in [3.8, 4) is 5.75 Å². The van der Waals surface area contributed by atoms with Crippen molar-refractivity contribution >= 4 is 28.6 Å². The maximum Gasteiger partial charge on any atom is 0.242 e. The number of aromatic amines is 2. The van der Waals surface area contributed by atoms with E-state index in [1.54, 1.807) is 30.5 Å². The Bertz CT molecular complexity index is 1640. The number of hydrogen-bond donors (Lipinski definition) is 10. The monoisotopic (exact) mass is 660 g/mol. The van der Waals surface area contributed by atoms with E-state index in [1.807, 2.05) is 37.4 Å². The van der Waals surface area contributed by atoms with Crippen molar-refractivity contribution in [2.45, 2.75) is 82.1 Å². The molecule has 1 fully saturated rings. The van der Waals surface area contributed by atoms with Gasteiger partial charge in [0, 0.05) is 48.4 Å². The largest absolute Gasteiger partial charge is 0.508 e. The molecule has 0 spiro atoms. The van der Waals surface area contributed by atoms with Gasteiger partial charge in [-0.25, -0.2) is 4.98 Å². The second-order valence-electron chi connectivity index (χ2n) is 12.1. The molecule has 48 heavy (non-hydrogen) atoms. The van der Waals surface area contributed by atoms with Gasteiger partial charge in [0.25, 0.3) is 0 Å². The van der Waals surface area contributed by atoms with Gasteiger partial charge in [-0.3, -0.25) is 25.0 Å². The van der Waals surface area contributed by atoms with Gasteiger partial charge in [0.05, 0.1) is 24.5 Å². The van der Waals surface area contributed by atoms with Crippen molar-refractivity contribution in [2.24, 2.45) is 0 Å². The lowest BCUT2D eigenvalue weighted by Crippen LogP contribution is -2.61. The molecule has 14 heteroatoms. The molecule has 14 nitrogen and oxygen atoms in total. The summed E-state index contributed by atoms with van der Waals surface area (Å²) in [5.41, 5.74) is 3.37. The van der Waals surface area contributed by atoms with E-state index in [-0.39, 0.29) is 30.9 Å². The van der Waals surface area contributed by atoms with E-state index < -0.39 is 48.4 Å². The number of phenolic OH excluding ortho intramolecular Hbond substituents is 1. The first-order valence-electron chi connectivity index (χ1n) is 16.3. The summed E-state index contributed by atoms with van der Waals surface area (Å²) >= 11 is 0. The van der Waals surface area contributed by atoms with E-state index in [1.165, 1.54) is 6.33 Å². The summed E-state index contributed by atoms with van der Waals surface area (Å²) in [5.74, 6) is -0.910. The first-order chi connectivity index (χ1) is 23.2. The Kier molecular flexibility index (Phi) is 11.8. The number of amides is 3. The predicted octanol–water partition coefficient (Wildman–Crippen LogP) is 0.467. The minimum Gasteiger partial charge on any atom is -0.508 e. The number of aliphatic hydroxyl groups excluding tert-OH is 2. The van der Waals surface area contributed by atoms with Crippen molar-refractivity contribution in [3.63, 3.8) is 0 Å². The molecule has 6 unspecified atom stereocenters. The Balaban J connectivity index is 1.30. The van der Waals surface area contributed by atoms with Crippen LogP contribution in [0.15, 0.2) is 67.3 Å². The molecule has 0 aliphatic carbocycles. The average molecular weight is 661 g/mol. The number of phenols is 1. The van der Waals surface area contributed by atoms with Crippen molar-refractivity contribution in [1.82, 2.24) is 41.5 Å². The van der Waals surface area contributed by atoms with Crippen LogP contribution in [0.5, 0.6) is 5.75 Å². The fraction of sp³-hybridized carbons (Fsp3) is 0.412. The number of rotatable bonds is 17. The maximum absolute atomic E-state index is 13.9. The number of hydrogen-bond acceptors (Lipinski definition) is 9. The Morgan fingerprint density at radius 3 is 2.50 bits per heavy atom. The summed E-state index contributed by atoms with van der Waals surface area (Å²) in [6.07, 6.45) is 4.44. The van der Waals surface area contributed by atoms with E-state index >= 15 is 0 Å². The average Bonchev–Trinajstić information content (AvgIpc) is 3.86. The van der Waals surface area contributed by atoms with Crippen molar-refractivity contribution < 1.29 is 29.7 Å². The lowest BCUT2D eigenvalue weighted by molar-refractivity contribution is -0.128. The van der Waals surface area contributed by atoms with Crippen LogP contribution in [0.2, 0.25) is 0 Å². The Labute approximate surface area is 278 Å². The van der Waals surface area contributed by atoms with Gasteiger partial charge in [-0.15, -0.1) is 0 Å². The molecule has 0 saturated carbocycles.